The van der Waals surface area contributed by atoms with Crippen LogP contribution in [0.15, 0.2) is 30.5 Å². The number of nitrogens with one attached hydrogen (secondary N) is 2. The van der Waals surface area contributed by atoms with E-state index in [0.29, 0.717) is 11.4 Å². The van der Waals surface area contributed by atoms with Gasteiger partial charge in [0.05, 0.1) is 17.2 Å². The molecule has 2 rings (SSSR count). The minimum Gasteiger partial charge on any atom is -0.383 e. The van der Waals surface area contributed by atoms with Crippen LogP contribution < -0.4 is 10.6 Å². The van der Waals surface area contributed by atoms with E-state index in [4.69, 9.17) is 0 Å². The molecule has 0 radical (unpaired) electrons. The molecule has 0 spiro atoms. The molecule has 1 aromatic heterocycles. The Balaban J connectivity index is 2.20. The van der Waals surface area contributed by atoms with Gasteiger partial charge >= 0.3 is 5.69 Å². The van der Waals surface area contributed by atoms with Gasteiger partial charge in [-0.2, -0.15) is 5.10 Å². The van der Waals surface area contributed by atoms with Crippen LogP contribution in [0, 0.1) is 10.1 Å². The van der Waals surface area contributed by atoms with E-state index in [1.54, 1.807) is 43.2 Å². The number of carbonyl (C=O) groups is 1. The van der Waals surface area contributed by atoms with Crippen molar-refractivity contribution >= 4 is 17.3 Å². The van der Waals surface area contributed by atoms with Gasteiger partial charge in [-0.1, -0.05) is 6.07 Å². The maximum atomic E-state index is 12.1. The number of anilines is 1. The van der Waals surface area contributed by atoms with Crippen molar-refractivity contribution in [3.63, 3.8) is 0 Å². The van der Waals surface area contributed by atoms with E-state index in [0.717, 1.165) is 0 Å². The third-order valence-electron chi connectivity index (χ3n) is 2.93. The maximum Gasteiger partial charge on any atom is 0.305 e. The lowest BCUT2D eigenvalue weighted by atomic mass is 10.1. The summed E-state index contributed by atoms with van der Waals surface area (Å²) < 4.78 is 1.62. The highest BCUT2D eigenvalue weighted by Crippen LogP contribution is 2.28. The molecule has 0 aliphatic carbocycles. The van der Waals surface area contributed by atoms with E-state index in [1.807, 2.05) is 0 Å². The molecule has 0 fully saturated rings. The number of benzene rings is 1. The number of nitro groups is 1. The largest absolute Gasteiger partial charge is 0.383 e. The fraction of sp³-hybridized carbons (Fsp3) is 0.231. The molecule has 110 valence electrons. The van der Waals surface area contributed by atoms with Crippen LogP contribution in [-0.4, -0.2) is 27.7 Å². The normalized spacial score (nSPS) is 10.2. The molecule has 21 heavy (non-hydrogen) atoms. The van der Waals surface area contributed by atoms with E-state index in [-0.39, 0.29) is 17.8 Å². The average molecular weight is 289 g/mol. The first kappa shape index (κ1) is 14.5. The summed E-state index contributed by atoms with van der Waals surface area (Å²) in [4.78, 5) is 22.7. The summed E-state index contributed by atoms with van der Waals surface area (Å²) in [6.45, 7) is 0.209. The van der Waals surface area contributed by atoms with Gasteiger partial charge in [-0.3, -0.25) is 19.6 Å². The molecular weight excluding hydrogens is 274 g/mol. The van der Waals surface area contributed by atoms with Gasteiger partial charge in [0.25, 0.3) is 5.91 Å². The number of aryl methyl sites for hydroxylation is 1. The molecule has 2 N–H and O–H groups in total. The first-order valence-electron chi connectivity index (χ1n) is 6.25. The molecule has 1 aromatic carbocycles. The average Bonchev–Trinajstić information content (AvgIpc) is 2.89. The maximum absolute atomic E-state index is 12.1. The summed E-state index contributed by atoms with van der Waals surface area (Å²) in [5.41, 5.74) is 0.755. The van der Waals surface area contributed by atoms with Crippen LogP contribution in [0.25, 0.3) is 0 Å². The van der Waals surface area contributed by atoms with Crippen molar-refractivity contribution < 1.29 is 9.72 Å². The standard InChI is InChI=1S/C13H15N5O3/c1-14-11-5-3-4-10(12(11)18(20)21)13(19)15-8-9-6-7-17(2)16-9/h3-7,14H,8H2,1-2H3,(H,15,19). The summed E-state index contributed by atoms with van der Waals surface area (Å²) in [7, 11) is 3.34. The summed E-state index contributed by atoms with van der Waals surface area (Å²) in [6.07, 6.45) is 1.76. The number of nitrogens with zero attached hydrogens (tertiary/aromatic N) is 3. The van der Waals surface area contributed by atoms with Crippen molar-refractivity contribution in [1.82, 2.24) is 15.1 Å². The molecular formula is C13H15N5O3. The highest BCUT2D eigenvalue weighted by atomic mass is 16.6. The second-order valence-corrected chi connectivity index (χ2v) is 4.37. The van der Waals surface area contributed by atoms with Crippen molar-refractivity contribution in [3.05, 3.63) is 51.8 Å². The van der Waals surface area contributed by atoms with E-state index < -0.39 is 10.8 Å². The molecule has 0 unspecified atom stereocenters. The van der Waals surface area contributed by atoms with Crippen LogP contribution in [0.5, 0.6) is 0 Å². The molecule has 0 saturated heterocycles. The fourth-order valence-corrected chi connectivity index (χ4v) is 1.95. The molecule has 0 aliphatic heterocycles. The van der Waals surface area contributed by atoms with Gasteiger partial charge in [0, 0.05) is 20.3 Å². The van der Waals surface area contributed by atoms with E-state index in [9.17, 15) is 14.9 Å². The molecule has 1 amide bonds. The minimum atomic E-state index is -0.568. The molecule has 0 bridgehead atoms. The SMILES string of the molecule is CNc1cccc(C(=O)NCc2ccn(C)n2)c1[N+](=O)[O-]. The zero-order chi connectivity index (χ0) is 15.4. The number of carbonyl (C=O) groups excluding carboxylic acids is 1. The quantitative estimate of drug-likeness (QED) is 0.638. The van der Waals surface area contributed by atoms with Crippen LogP contribution >= 0.6 is 0 Å². The first-order chi connectivity index (χ1) is 10.0. The number of hydrogen-bond acceptors (Lipinski definition) is 5. The van der Waals surface area contributed by atoms with Crippen LogP contribution in [0.3, 0.4) is 0 Å². The smallest absolute Gasteiger partial charge is 0.305 e. The van der Waals surface area contributed by atoms with E-state index >= 15 is 0 Å². The number of hydrogen-bond donors (Lipinski definition) is 2. The van der Waals surface area contributed by atoms with Crippen LogP contribution in [-0.2, 0) is 13.6 Å². The van der Waals surface area contributed by atoms with E-state index in [1.165, 1.54) is 6.07 Å². The summed E-state index contributed by atoms with van der Waals surface area (Å²) in [5.74, 6) is -0.510. The Hall–Kier alpha value is -2.90. The summed E-state index contributed by atoms with van der Waals surface area (Å²) in [6, 6.07) is 6.33. The van der Waals surface area contributed by atoms with Gasteiger partial charge in [0.15, 0.2) is 0 Å². The Morgan fingerprint density at radius 3 is 2.76 bits per heavy atom. The van der Waals surface area contributed by atoms with Crippen LogP contribution in [0.1, 0.15) is 16.1 Å². The molecule has 8 heteroatoms. The molecule has 0 aliphatic rings. The Labute approximate surface area is 120 Å². The highest BCUT2D eigenvalue weighted by Gasteiger charge is 2.23. The van der Waals surface area contributed by atoms with Gasteiger partial charge < -0.3 is 10.6 Å². The molecule has 0 saturated carbocycles. The zero-order valence-corrected chi connectivity index (χ0v) is 11.7. The highest BCUT2D eigenvalue weighted by molar-refractivity contribution is 6.00. The lowest BCUT2D eigenvalue weighted by Crippen LogP contribution is -2.24. The van der Waals surface area contributed by atoms with Gasteiger partial charge in [0.1, 0.15) is 11.3 Å². The van der Waals surface area contributed by atoms with E-state index in [2.05, 4.69) is 15.7 Å². The fourth-order valence-electron chi connectivity index (χ4n) is 1.95. The Bertz CT molecular complexity index is 680. The minimum absolute atomic E-state index is 0.0165. The molecule has 2 aromatic rings. The Morgan fingerprint density at radius 2 is 2.19 bits per heavy atom. The number of aromatic nitrogens is 2. The molecule has 0 atom stereocenters. The zero-order valence-electron chi connectivity index (χ0n) is 11.7. The third-order valence-corrected chi connectivity index (χ3v) is 2.93. The summed E-state index contributed by atoms with van der Waals surface area (Å²) >= 11 is 0. The van der Waals surface area contributed by atoms with Gasteiger partial charge in [-0.25, -0.2) is 0 Å². The number of amides is 1. The predicted molar refractivity (Wildman–Crippen MR) is 77.0 cm³/mol. The van der Waals surface area contributed by atoms with Crippen molar-refractivity contribution in [2.24, 2.45) is 7.05 Å². The third kappa shape index (κ3) is 3.16. The number of para-hydroxylation sites is 1. The van der Waals surface area contributed by atoms with Crippen LogP contribution in [0.4, 0.5) is 11.4 Å². The Morgan fingerprint density at radius 1 is 1.43 bits per heavy atom. The monoisotopic (exact) mass is 289 g/mol. The molecule has 8 nitrogen and oxygen atoms in total. The second-order valence-electron chi connectivity index (χ2n) is 4.37. The van der Waals surface area contributed by atoms with Gasteiger partial charge in [-0.15, -0.1) is 0 Å². The predicted octanol–water partition coefficient (Wildman–Crippen LogP) is 1.30. The van der Waals surface area contributed by atoms with Crippen LogP contribution in [0.2, 0.25) is 0 Å². The molecule has 1 heterocycles. The number of nitro benzene ring substituents is 1. The lowest BCUT2D eigenvalue weighted by molar-refractivity contribution is -0.384. The van der Waals surface area contributed by atoms with Gasteiger partial charge in [-0.05, 0) is 18.2 Å². The van der Waals surface area contributed by atoms with Crippen molar-refractivity contribution in [2.75, 3.05) is 12.4 Å². The Kier molecular flexibility index (Phi) is 4.17. The lowest BCUT2D eigenvalue weighted by Gasteiger charge is -2.07. The first-order valence-corrected chi connectivity index (χ1v) is 6.25. The van der Waals surface area contributed by atoms with Crippen molar-refractivity contribution in [1.29, 1.82) is 0 Å². The van der Waals surface area contributed by atoms with Crippen molar-refractivity contribution in [3.8, 4) is 0 Å². The van der Waals surface area contributed by atoms with Gasteiger partial charge in [0.2, 0.25) is 0 Å². The number of rotatable bonds is 5. The topological polar surface area (TPSA) is 102 Å². The summed E-state index contributed by atoms with van der Waals surface area (Å²) in [5, 5.41) is 20.6. The second kappa shape index (κ2) is 6.04. The van der Waals surface area contributed by atoms with Crippen molar-refractivity contribution in [2.45, 2.75) is 6.54 Å².